The summed E-state index contributed by atoms with van der Waals surface area (Å²) < 4.78 is 1.09. The highest BCUT2D eigenvalue weighted by atomic mass is 32.1. The molecule has 0 amide bonds. The minimum absolute atomic E-state index is 0.172. The summed E-state index contributed by atoms with van der Waals surface area (Å²) >= 11 is 1.36. The molecule has 1 aromatic carbocycles. The third-order valence-electron chi connectivity index (χ3n) is 2.89. The lowest BCUT2D eigenvalue weighted by Crippen LogP contribution is -2.13. The Kier molecular flexibility index (Phi) is 3.97. The van der Waals surface area contributed by atoms with Gasteiger partial charge in [0.1, 0.15) is 0 Å². The number of anilines is 2. The second-order valence-electron chi connectivity index (χ2n) is 4.36. The van der Waals surface area contributed by atoms with Crippen LogP contribution in [0.3, 0.4) is 0 Å². The molecule has 0 fully saturated rings. The van der Waals surface area contributed by atoms with Crippen molar-refractivity contribution in [2.45, 2.75) is 0 Å². The molecule has 0 unspecified atom stereocenters. The number of hydrogen-bond donors (Lipinski definition) is 2. The summed E-state index contributed by atoms with van der Waals surface area (Å²) in [6.45, 7) is 0. The molecule has 0 aliphatic heterocycles. The van der Waals surface area contributed by atoms with Crippen LogP contribution in [0.1, 0.15) is 9.67 Å². The first-order chi connectivity index (χ1) is 10.8. The van der Waals surface area contributed by atoms with Crippen molar-refractivity contribution in [1.29, 1.82) is 0 Å². The number of para-hydroxylation sites is 1. The van der Waals surface area contributed by atoms with E-state index >= 15 is 0 Å². The summed E-state index contributed by atoms with van der Waals surface area (Å²) in [5.74, 6) is 0.00146. The molecule has 0 aliphatic rings. The van der Waals surface area contributed by atoms with E-state index in [1.54, 1.807) is 12.1 Å². The summed E-state index contributed by atoms with van der Waals surface area (Å²) in [6, 6.07) is 13.0. The molecule has 22 heavy (non-hydrogen) atoms. The van der Waals surface area contributed by atoms with Crippen molar-refractivity contribution >= 4 is 34.3 Å². The molecule has 2 heterocycles. The Morgan fingerprint density at radius 3 is 2.73 bits per heavy atom. The van der Waals surface area contributed by atoms with Crippen molar-refractivity contribution in [3.63, 3.8) is 0 Å². The van der Waals surface area contributed by atoms with Gasteiger partial charge in [-0.1, -0.05) is 29.5 Å². The van der Waals surface area contributed by atoms with Gasteiger partial charge in [-0.3, -0.25) is 4.79 Å². The molecular formula is C15H12N4O2S. The Bertz CT molecular complexity index is 794. The van der Waals surface area contributed by atoms with Crippen LogP contribution in [-0.4, -0.2) is 26.0 Å². The second-order valence-corrected chi connectivity index (χ2v) is 5.31. The number of carbonyl (C=O) groups is 1. The smallest absolute Gasteiger partial charge is 0.284 e. The SMILES string of the molecule is O=C(C(=CO)c1cccs1)n1cc(Nc2ccccc2)nn1. The molecule has 3 aromatic rings. The van der Waals surface area contributed by atoms with Crippen molar-refractivity contribution < 1.29 is 9.90 Å². The van der Waals surface area contributed by atoms with Crippen LogP contribution in [0.15, 0.2) is 60.3 Å². The van der Waals surface area contributed by atoms with Gasteiger partial charge in [0.15, 0.2) is 5.82 Å². The quantitative estimate of drug-likeness (QED) is 0.570. The van der Waals surface area contributed by atoms with Gasteiger partial charge in [0.2, 0.25) is 0 Å². The van der Waals surface area contributed by atoms with Gasteiger partial charge in [0.25, 0.3) is 5.91 Å². The predicted molar refractivity (Wildman–Crippen MR) is 85.3 cm³/mol. The maximum absolute atomic E-state index is 12.4. The zero-order valence-corrected chi connectivity index (χ0v) is 12.2. The van der Waals surface area contributed by atoms with Gasteiger partial charge in [-0.2, -0.15) is 4.68 Å². The largest absolute Gasteiger partial charge is 0.515 e. The van der Waals surface area contributed by atoms with Crippen molar-refractivity contribution in [3.8, 4) is 0 Å². The van der Waals surface area contributed by atoms with Gasteiger partial charge in [0.05, 0.1) is 18.0 Å². The number of rotatable bonds is 4. The topological polar surface area (TPSA) is 80.0 Å². The van der Waals surface area contributed by atoms with Crippen molar-refractivity contribution in [2.75, 3.05) is 5.32 Å². The van der Waals surface area contributed by atoms with E-state index in [2.05, 4.69) is 15.6 Å². The molecule has 2 aromatic heterocycles. The number of hydrogen-bond acceptors (Lipinski definition) is 6. The van der Waals surface area contributed by atoms with Gasteiger partial charge in [-0.15, -0.1) is 16.4 Å². The highest BCUT2D eigenvalue weighted by molar-refractivity contribution is 7.11. The molecule has 0 aliphatic carbocycles. The van der Waals surface area contributed by atoms with Crippen molar-refractivity contribution in [2.24, 2.45) is 0 Å². The van der Waals surface area contributed by atoms with Crippen LogP contribution in [-0.2, 0) is 0 Å². The van der Waals surface area contributed by atoms with E-state index < -0.39 is 5.91 Å². The number of carbonyl (C=O) groups excluding carboxylic acids is 1. The van der Waals surface area contributed by atoms with Gasteiger partial charge in [-0.05, 0) is 23.6 Å². The van der Waals surface area contributed by atoms with Crippen LogP contribution in [0.2, 0.25) is 0 Å². The summed E-state index contributed by atoms with van der Waals surface area (Å²) in [4.78, 5) is 13.0. The molecule has 7 heteroatoms. The first-order valence-corrected chi connectivity index (χ1v) is 7.33. The van der Waals surface area contributed by atoms with Crippen LogP contribution in [0.4, 0.5) is 11.5 Å². The predicted octanol–water partition coefficient (Wildman–Crippen LogP) is 3.32. The van der Waals surface area contributed by atoms with E-state index in [9.17, 15) is 9.90 Å². The molecule has 0 saturated carbocycles. The molecule has 0 atom stereocenters. The highest BCUT2D eigenvalue weighted by Crippen LogP contribution is 2.22. The number of thiophene rings is 1. The summed E-state index contributed by atoms with van der Waals surface area (Å²) in [6.07, 6.45) is 2.27. The Labute approximate surface area is 130 Å². The molecule has 0 saturated heterocycles. The fourth-order valence-electron chi connectivity index (χ4n) is 1.87. The number of allylic oxidation sites excluding steroid dienone is 1. The number of benzene rings is 1. The molecule has 0 spiro atoms. The van der Waals surface area contributed by atoms with E-state index in [-0.39, 0.29) is 5.57 Å². The molecule has 0 bridgehead atoms. The van der Waals surface area contributed by atoms with Gasteiger partial charge in [0, 0.05) is 10.6 Å². The van der Waals surface area contributed by atoms with Gasteiger partial charge < -0.3 is 10.4 Å². The van der Waals surface area contributed by atoms with Gasteiger partial charge in [-0.25, -0.2) is 0 Å². The van der Waals surface area contributed by atoms with E-state index in [4.69, 9.17) is 0 Å². The number of aromatic nitrogens is 3. The summed E-state index contributed by atoms with van der Waals surface area (Å²) in [5.41, 5.74) is 1.02. The third kappa shape index (κ3) is 2.89. The van der Waals surface area contributed by atoms with Crippen molar-refractivity contribution in [1.82, 2.24) is 15.0 Å². The molecule has 110 valence electrons. The van der Waals surface area contributed by atoms with Crippen molar-refractivity contribution in [3.05, 3.63) is 65.2 Å². The highest BCUT2D eigenvalue weighted by Gasteiger charge is 2.17. The average Bonchev–Trinajstić information content (AvgIpc) is 3.21. The zero-order valence-electron chi connectivity index (χ0n) is 11.4. The van der Waals surface area contributed by atoms with Crippen LogP contribution < -0.4 is 5.32 Å². The van der Waals surface area contributed by atoms with E-state index in [0.29, 0.717) is 10.7 Å². The zero-order chi connectivity index (χ0) is 15.4. The maximum Gasteiger partial charge on any atom is 0.284 e. The van der Waals surface area contributed by atoms with E-state index in [1.807, 2.05) is 35.7 Å². The minimum Gasteiger partial charge on any atom is -0.515 e. The Morgan fingerprint density at radius 1 is 1.23 bits per heavy atom. The third-order valence-corrected chi connectivity index (χ3v) is 3.80. The Balaban J connectivity index is 1.80. The lowest BCUT2D eigenvalue weighted by atomic mass is 10.2. The standard InChI is InChI=1S/C15H12N4O2S/c20-10-12(13-7-4-8-22-13)15(21)19-9-14(17-18-19)16-11-5-2-1-3-6-11/h1-10,16,20H. The molecule has 3 rings (SSSR count). The number of aliphatic hydroxyl groups is 1. The monoisotopic (exact) mass is 312 g/mol. The molecular weight excluding hydrogens is 300 g/mol. The van der Waals surface area contributed by atoms with Crippen LogP contribution in [0, 0.1) is 0 Å². The fraction of sp³-hybridized carbons (Fsp3) is 0. The second kappa shape index (κ2) is 6.23. The number of nitrogens with zero attached hydrogens (tertiary/aromatic N) is 3. The van der Waals surface area contributed by atoms with E-state index in [0.717, 1.165) is 16.6 Å². The number of aliphatic hydroxyl groups excluding tert-OH is 1. The maximum atomic E-state index is 12.4. The lowest BCUT2D eigenvalue weighted by Gasteiger charge is -2.02. The lowest BCUT2D eigenvalue weighted by molar-refractivity contribution is 0.0961. The Hall–Kier alpha value is -2.93. The summed E-state index contributed by atoms with van der Waals surface area (Å²) in [7, 11) is 0. The Morgan fingerprint density at radius 2 is 2.05 bits per heavy atom. The summed E-state index contributed by atoms with van der Waals surface area (Å²) in [5, 5.41) is 21.9. The average molecular weight is 312 g/mol. The van der Waals surface area contributed by atoms with Crippen LogP contribution >= 0.6 is 11.3 Å². The van der Waals surface area contributed by atoms with Gasteiger partial charge >= 0.3 is 0 Å². The normalized spacial score (nSPS) is 11.4. The van der Waals surface area contributed by atoms with Crippen LogP contribution in [0.25, 0.3) is 5.57 Å². The first-order valence-electron chi connectivity index (χ1n) is 6.45. The molecule has 6 nitrogen and oxygen atoms in total. The molecule has 0 radical (unpaired) electrons. The van der Waals surface area contributed by atoms with E-state index in [1.165, 1.54) is 17.5 Å². The molecule has 2 N–H and O–H groups in total. The number of nitrogens with one attached hydrogen (secondary N) is 1. The first kappa shape index (κ1) is 14.0. The minimum atomic E-state index is -0.446. The van der Waals surface area contributed by atoms with Crippen LogP contribution in [0.5, 0.6) is 0 Å². The fourth-order valence-corrected chi connectivity index (χ4v) is 2.60.